The monoisotopic (exact) mass is 291 g/mol. The zero-order valence-electron chi connectivity index (χ0n) is 14.6. The molecule has 0 atom stereocenters. The fourth-order valence-electron chi connectivity index (χ4n) is 3.09. The Morgan fingerprint density at radius 2 is 0.952 bits per heavy atom. The first-order valence-corrected chi connectivity index (χ1v) is 9.53. The van der Waals surface area contributed by atoms with Gasteiger partial charge in [-0.05, 0) is 36.8 Å². The molecule has 1 nitrogen and oxygen atoms in total. The number of hydrogen-bond acceptors (Lipinski definition) is 0. The van der Waals surface area contributed by atoms with E-state index in [0.717, 1.165) is 0 Å². The summed E-state index contributed by atoms with van der Waals surface area (Å²) in [5, 5.41) is 0. The molecule has 1 rings (SSSR count). The molecule has 21 heavy (non-hydrogen) atoms. The molecular weight excluding hydrogens is 254 g/mol. The van der Waals surface area contributed by atoms with E-state index in [9.17, 15) is 0 Å². The highest BCUT2D eigenvalue weighted by atomic mass is 14.6. The molecule has 0 amide bonds. The van der Waals surface area contributed by atoms with Crippen molar-refractivity contribution < 1.29 is 0 Å². The number of aromatic nitrogens is 1. The number of aryl methyl sites for hydroxylation is 2. The Morgan fingerprint density at radius 3 is 1.48 bits per heavy atom. The minimum absolute atomic E-state index is 1.27. The first-order chi connectivity index (χ1) is 10.4. The predicted octanol–water partition coefficient (Wildman–Crippen LogP) is 6.82. The summed E-state index contributed by atoms with van der Waals surface area (Å²) in [4.78, 5) is 3.31. The van der Waals surface area contributed by atoms with Crippen LogP contribution < -0.4 is 0 Å². The summed E-state index contributed by atoms with van der Waals surface area (Å²) in [5.41, 5.74) is 3.15. The van der Waals surface area contributed by atoms with E-state index in [2.05, 4.69) is 31.2 Å². The highest BCUT2D eigenvalue weighted by Gasteiger charge is 2.03. The molecule has 1 heterocycles. The summed E-state index contributed by atoms with van der Waals surface area (Å²) < 4.78 is 0. The number of rotatable bonds is 14. The summed E-state index contributed by atoms with van der Waals surface area (Å²) in [6.45, 7) is 4.57. The average molecular weight is 292 g/mol. The topological polar surface area (TPSA) is 15.8 Å². The van der Waals surface area contributed by atoms with Gasteiger partial charge in [-0.25, -0.2) is 0 Å². The Bertz CT molecular complexity index is 326. The maximum Gasteiger partial charge on any atom is 0.00401 e. The summed E-state index contributed by atoms with van der Waals surface area (Å²) >= 11 is 0. The lowest BCUT2D eigenvalue weighted by atomic mass is 10.0. The summed E-state index contributed by atoms with van der Waals surface area (Å²) in [7, 11) is 0. The van der Waals surface area contributed by atoms with Gasteiger partial charge in [-0.1, -0.05) is 78.1 Å². The van der Waals surface area contributed by atoms with Gasteiger partial charge in [0.25, 0.3) is 0 Å². The van der Waals surface area contributed by atoms with Crippen LogP contribution in [-0.2, 0) is 12.8 Å². The number of hydrogen-bond donors (Lipinski definition) is 1. The third-order valence-corrected chi connectivity index (χ3v) is 4.53. The Kier molecular flexibility index (Phi) is 11.3. The fourth-order valence-corrected chi connectivity index (χ4v) is 3.09. The minimum atomic E-state index is 1.27. The second-order valence-electron chi connectivity index (χ2n) is 6.54. The van der Waals surface area contributed by atoms with Crippen molar-refractivity contribution in [2.75, 3.05) is 0 Å². The van der Waals surface area contributed by atoms with Crippen molar-refractivity contribution in [1.82, 2.24) is 4.98 Å². The van der Waals surface area contributed by atoms with Crippen LogP contribution in [0.1, 0.15) is 102 Å². The normalized spacial score (nSPS) is 11.1. The summed E-state index contributed by atoms with van der Waals surface area (Å²) in [6.07, 6.45) is 23.8. The van der Waals surface area contributed by atoms with Crippen LogP contribution in [0, 0.1) is 0 Å². The number of H-pyrrole nitrogens is 1. The van der Waals surface area contributed by atoms with Crippen molar-refractivity contribution in [1.29, 1.82) is 0 Å². The van der Waals surface area contributed by atoms with Crippen molar-refractivity contribution in [3.05, 3.63) is 23.5 Å². The van der Waals surface area contributed by atoms with Gasteiger partial charge >= 0.3 is 0 Å². The van der Waals surface area contributed by atoms with Crippen LogP contribution in [0.2, 0.25) is 0 Å². The van der Waals surface area contributed by atoms with Gasteiger partial charge in [0.1, 0.15) is 0 Å². The zero-order chi connectivity index (χ0) is 15.2. The molecule has 0 aliphatic heterocycles. The van der Waals surface area contributed by atoms with E-state index in [1.807, 2.05) is 0 Å². The van der Waals surface area contributed by atoms with Gasteiger partial charge in [-0.2, -0.15) is 0 Å². The first kappa shape index (κ1) is 18.3. The molecule has 0 aliphatic rings. The first-order valence-electron chi connectivity index (χ1n) is 9.53. The molecule has 122 valence electrons. The molecule has 1 aromatic heterocycles. The average Bonchev–Trinajstić information content (AvgIpc) is 2.93. The number of unbranched alkanes of at least 4 members (excludes halogenated alkanes) is 10. The largest absolute Gasteiger partial charge is 0.367 e. The van der Waals surface area contributed by atoms with Crippen molar-refractivity contribution in [2.45, 2.75) is 104 Å². The minimum Gasteiger partial charge on any atom is -0.367 e. The third-order valence-electron chi connectivity index (χ3n) is 4.53. The molecule has 0 aliphatic carbocycles. The van der Waals surface area contributed by atoms with E-state index in [1.165, 1.54) is 89.9 Å². The molecular formula is C20H37N. The molecule has 1 aromatic rings. The molecule has 1 heteroatoms. The van der Waals surface area contributed by atoms with Gasteiger partial charge in [0.05, 0.1) is 0 Å². The predicted molar refractivity (Wildman–Crippen MR) is 95.0 cm³/mol. The van der Waals surface area contributed by atoms with Crippen LogP contribution in [0.3, 0.4) is 0 Å². The van der Waals surface area contributed by atoms with Gasteiger partial charge in [-0.15, -0.1) is 0 Å². The van der Waals surface area contributed by atoms with Crippen LogP contribution in [0.25, 0.3) is 0 Å². The molecule has 0 unspecified atom stereocenters. The van der Waals surface area contributed by atoms with Crippen LogP contribution in [0.5, 0.6) is 0 Å². The third kappa shape index (κ3) is 9.01. The molecule has 0 radical (unpaired) electrons. The molecule has 0 spiro atoms. The van der Waals surface area contributed by atoms with Gasteiger partial charge in [-0.3, -0.25) is 0 Å². The summed E-state index contributed by atoms with van der Waals surface area (Å²) in [6, 6.07) is 0. The second-order valence-corrected chi connectivity index (χ2v) is 6.54. The molecule has 0 bridgehead atoms. The van der Waals surface area contributed by atoms with Crippen LogP contribution in [0.4, 0.5) is 0 Å². The molecule has 0 saturated heterocycles. The van der Waals surface area contributed by atoms with E-state index < -0.39 is 0 Å². The Morgan fingerprint density at radius 1 is 0.571 bits per heavy atom. The van der Waals surface area contributed by atoms with Crippen molar-refractivity contribution in [3.63, 3.8) is 0 Å². The van der Waals surface area contributed by atoms with Gasteiger partial charge in [0, 0.05) is 12.4 Å². The second kappa shape index (κ2) is 13.0. The lowest BCUT2D eigenvalue weighted by Gasteiger charge is -2.04. The van der Waals surface area contributed by atoms with E-state index >= 15 is 0 Å². The van der Waals surface area contributed by atoms with Gasteiger partial charge in [0.2, 0.25) is 0 Å². The molecule has 0 fully saturated rings. The standard InChI is InChI=1S/C20H37N/c1-3-5-7-8-9-10-11-12-14-16-20-18-21-17-19(20)15-13-6-4-2/h17-18,21H,3-16H2,1-2H3. The fraction of sp³-hybridized carbons (Fsp3) is 0.800. The molecule has 0 aromatic carbocycles. The van der Waals surface area contributed by atoms with E-state index in [1.54, 1.807) is 11.1 Å². The maximum absolute atomic E-state index is 3.31. The Balaban J connectivity index is 2.01. The highest BCUT2D eigenvalue weighted by Crippen LogP contribution is 2.16. The van der Waals surface area contributed by atoms with E-state index in [0.29, 0.717) is 0 Å². The van der Waals surface area contributed by atoms with Crippen molar-refractivity contribution in [2.24, 2.45) is 0 Å². The Hall–Kier alpha value is -0.720. The molecule has 0 saturated carbocycles. The van der Waals surface area contributed by atoms with Crippen molar-refractivity contribution in [3.8, 4) is 0 Å². The lowest BCUT2D eigenvalue weighted by molar-refractivity contribution is 0.564. The molecule has 1 N–H and O–H groups in total. The van der Waals surface area contributed by atoms with Crippen LogP contribution >= 0.6 is 0 Å². The summed E-state index contributed by atoms with van der Waals surface area (Å²) in [5.74, 6) is 0. The lowest BCUT2D eigenvalue weighted by Crippen LogP contribution is -1.91. The number of aromatic amines is 1. The number of nitrogens with one attached hydrogen (secondary N) is 1. The smallest absolute Gasteiger partial charge is 0.00401 e. The SMILES string of the molecule is CCCCCCCCCCCc1c[nH]cc1CCCCC. The van der Waals surface area contributed by atoms with Gasteiger partial charge < -0.3 is 4.98 Å². The van der Waals surface area contributed by atoms with E-state index in [4.69, 9.17) is 0 Å². The Labute approximate surface area is 132 Å². The highest BCUT2D eigenvalue weighted by molar-refractivity contribution is 5.23. The quantitative estimate of drug-likeness (QED) is 0.362. The van der Waals surface area contributed by atoms with Gasteiger partial charge in [0.15, 0.2) is 0 Å². The van der Waals surface area contributed by atoms with E-state index in [-0.39, 0.29) is 0 Å². The van der Waals surface area contributed by atoms with Crippen LogP contribution in [-0.4, -0.2) is 4.98 Å². The maximum atomic E-state index is 3.31. The zero-order valence-corrected chi connectivity index (χ0v) is 14.6. The van der Waals surface area contributed by atoms with Crippen molar-refractivity contribution >= 4 is 0 Å². The van der Waals surface area contributed by atoms with Crippen LogP contribution in [0.15, 0.2) is 12.4 Å².